The molecule has 3 nitrogen and oxygen atoms in total. The number of hydrogen-bond donors (Lipinski definition) is 1. The van der Waals surface area contributed by atoms with Gasteiger partial charge in [0.05, 0.1) is 13.4 Å². The van der Waals surface area contributed by atoms with Gasteiger partial charge in [-0.2, -0.15) is 0 Å². The molecule has 1 N–H and O–H groups in total. The van der Waals surface area contributed by atoms with Gasteiger partial charge in [0.15, 0.2) is 23.3 Å². The van der Waals surface area contributed by atoms with E-state index < -0.39 is 46.4 Å². The van der Waals surface area contributed by atoms with Crippen LogP contribution in [0.2, 0.25) is 0 Å². The highest BCUT2D eigenvalue weighted by molar-refractivity contribution is 7.98. The molecule has 26 heavy (non-hydrogen) atoms. The molecule has 0 bridgehead atoms. The van der Waals surface area contributed by atoms with Crippen LogP contribution < -0.4 is 0 Å². The summed E-state index contributed by atoms with van der Waals surface area (Å²) in [7, 11) is 1.24. The number of methoxy groups -OCH3 is 1. The molecule has 2 aromatic carbocycles. The average molecular weight is 390 g/mol. The van der Waals surface area contributed by atoms with Crippen LogP contribution in [0.1, 0.15) is 11.1 Å². The fraction of sp³-hybridized carbons (Fsp3) is 0.118. The molecule has 0 heterocycles. The van der Waals surface area contributed by atoms with Gasteiger partial charge in [-0.1, -0.05) is 18.2 Å². The molecule has 0 aliphatic heterocycles. The van der Waals surface area contributed by atoms with Crippen molar-refractivity contribution in [1.29, 1.82) is 0 Å². The van der Waals surface area contributed by atoms with Crippen molar-refractivity contribution < 1.29 is 36.6 Å². The van der Waals surface area contributed by atoms with E-state index in [0.717, 1.165) is 18.0 Å². The Morgan fingerprint density at radius 2 is 1.58 bits per heavy atom. The van der Waals surface area contributed by atoms with Gasteiger partial charge in [0.1, 0.15) is 5.57 Å². The molecule has 0 aromatic heterocycles. The normalized spacial score (nSPS) is 11.5. The number of rotatable bonds is 6. The molecule has 0 unspecified atom stereocenters. The lowest BCUT2D eigenvalue weighted by Crippen LogP contribution is -2.06. The van der Waals surface area contributed by atoms with Crippen LogP contribution in [0, 0.1) is 29.1 Å². The van der Waals surface area contributed by atoms with E-state index in [1.165, 1.54) is 31.4 Å². The summed E-state index contributed by atoms with van der Waals surface area (Å²) in [4.78, 5) is 11.6. The van der Waals surface area contributed by atoms with E-state index in [4.69, 9.17) is 4.74 Å². The van der Waals surface area contributed by atoms with Crippen molar-refractivity contribution in [3.63, 3.8) is 0 Å². The molecule has 9 heteroatoms. The van der Waals surface area contributed by atoms with E-state index in [1.807, 2.05) is 0 Å². The molecule has 138 valence electrons. The van der Waals surface area contributed by atoms with E-state index in [2.05, 4.69) is 0 Å². The van der Waals surface area contributed by atoms with E-state index in [0.29, 0.717) is 0 Å². The third kappa shape index (κ3) is 3.82. The highest BCUT2D eigenvalue weighted by Crippen LogP contribution is 2.33. The minimum Gasteiger partial charge on any atom is -0.503 e. The molecule has 0 aliphatic rings. The van der Waals surface area contributed by atoms with Gasteiger partial charge in [-0.25, -0.2) is 26.7 Å². The second-order valence-electron chi connectivity index (χ2n) is 4.91. The zero-order chi connectivity index (χ0) is 19.4. The number of carboxylic acid groups (broad SMARTS) is 1. The molecule has 0 atom stereocenters. The fourth-order valence-electron chi connectivity index (χ4n) is 2.09. The molecule has 0 radical (unpaired) electrons. The summed E-state index contributed by atoms with van der Waals surface area (Å²) in [5.74, 6) is -12.0. The summed E-state index contributed by atoms with van der Waals surface area (Å²) in [6.45, 7) is 0. The zero-order valence-corrected chi connectivity index (χ0v) is 14.0. The van der Waals surface area contributed by atoms with Crippen molar-refractivity contribution in [2.75, 3.05) is 7.11 Å². The second-order valence-corrected chi connectivity index (χ2v) is 5.92. The van der Waals surface area contributed by atoms with E-state index in [1.54, 1.807) is 0 Å². The molecular formula is C17H11F5O3S. The van der Waals surface area contributed by atoms with Crippen LogP contribution in [0.15, 0.2) is 35.4 Å². The third-order valence-electron chi connectivity index (χ3n) is 3.32. The molecule has 0 fully saturated rings. The smallest absolute Gasteiger partial charge is 0.339 e. The van der Waals surface area contributed by atoms with Crippen molar-refractivity contribution in [3.8, 4) is 0 Å². The standard InChI is InChI=1S/C17H11F5O3S/c1-25-6-9(17(23)24)8-4-2-3-5-11(8)26-7-10-12(18)14(20)16(22)15(21)13(10)19/h2-6H,7H2,1H3,(H,23,24)/b9-6+. The third-order valence-corrected chi connectivity index (χ3v) is 4.42. The first-order chi connectivity index (χ1) is 12.3. The van der Waals surface area contributed by atoms with Crippen LogP contribution in [-0.4, -0.2) is 18.2 Å². The van der Waals surface area contributed by atoms with E-state index in [-0.39, 0.29) is 16.0 Å². The largest absolute Gasteiger partial charge is 0.503 e. The fourth-order valence-corrected chi connectivity index (χ4v) is 3.15. The lowest BCUT2D eigenvalue weighted by molar-refractivity contribution is -0.130. The van der Waals surface area contributed by atoms with Gasteiger partial charge in [0, 0.05) is 21.8 Å². The Kier molecular flexibility index (Phi) is 6.25. The number of hydrogen-bond acceptors (Lipinski definition) is 3. The minimum absolute atomic E-state index is 0.177. The van der Waals surface area contributed by atoms with Gasteiger partial charge in [0.25, 0.3) is 0 Å². The Morgan fingerprint density at radius 3 is 2.12 bits per heavy atom. The van der Waals surface area contributed by atoms with Gasteiger partial charge in [-0.15, -0.1) is 11.8 Å². The predicted octanol–water partition coefficient (Wildman–Crippen LogP) is 4.75. The maximum atomic E-state index is 13.8. The Hall–Kier alpha value is -2.55. The highest BCUT2D eigenvalue weighted by Gasteiger charge is 2.26. The summed E-state index contributed by atoms with van der Waals surface area (Å²) >= 11 is 0.728. The van der Waals surface area contributed by atoms with Crippen LogP contribution in [-0.2, 0) is 15.3 Å². The quantitative estimate of drug-likeness (QED) is 0.193. The van der Waals surface area contributed by atoms with Crippen LogP contribution in [0.3, 0.4) is 0 Å². The Morgan fingerprint density at radius 1 is 1.04 bits per heavy atom. The lowest BCUT2D eigenvalue weighted by Gasteiger charge is -2.11. The van der Waals surface area contributed by atoms with Gasteiger partial charge in [-0.05, 0) is 6.07 Å². The molecule has 0 saturated heterocycles. The SMILES string of the molecule is CO/C=C(/C(=O)O)c1ccccc1SCc1c(F)c(F)c(F)c(F)c1F. The summed E-state index contributed by atoms with van der Waals surface area (Å²) in [6.07, 6.45) is 0.972. The molecule has 0 saturated carbocycles. The van der Waals surface area contributed by atoms with Crippen molar-refractivity contribution in [2.24, 2.45) is 0 Å². The number of carbonyl (C=O) groups is 1. The van der Waals surface area contributed by atoms with Gasteiger partial charge >= 0.3 is 5.97 Å². The maximum Gasteiger partial charge on any atom is 0.339 e. The maximum absolute atomic E-state index is 13.8. The topological polar surface area (TPSA) is 46.5 Å². The molecule has 0 aliphatic carbocycles. The number of carboxylic acids is 1. The number of halogens is 5. The number of ether oxygens (including phenoxy) is 1. The van der Waals surface area contributed by atoms with Crippen LogP contribution in [0.25, 0.3) is 5.57 Å². The minimum atomic E-state index is -2.23. The number of aliphatic carboxylic acids is 1. The van der Waals surface area contributed by atoms with Gasteiger partial charge in [0.2, 0.25) is 5.82 Å². The molecule has 0 spiro atoms. The van der Waals surface area contributed by atoms with Gasteiger partial charge in [-0.3, -0.25) is 0 Å². The number of thioether (sulfide) groups is 1. The first kappa shape index (κ1) is 19.8. The van der Waals surface area contributed by atoms with Gasteiger partial charge < -0.3 is 9.84 Å². The second kappa shape index (κ2) is 8.22. The molecule has 2 aromatic rings. The average Bonchev–Trinajstić information content (AvgIpc) is 2.63. The molecule has 0 amide bonds. The van der Waals surface area contributed by atoms with Crippen LogP contribution in [0.4, 0.5) is 22.0 Å². The van der Waals surface area contributed by atoms with E-state index >= 15 is 0 Å². The van der Waals surface area contributed by atoms with Crippen molar-refractivity contribution >= 4 is 23.3 Å². The highest BCUT2D eigenvalue weighted by atomic mass is 32.2. The monoisotopic (exact) mass is 390 g/mol. The Balaban J connectivity index is 2.41. The summed E-state index contributed by atoms with van der Waals surface area (Å²) < 4.78 is 71.8. The molecular weight excluding hydrogens is 379 g/mol. The molecule has 2 rings (SSSR count). The first-order valence-corrected chi connectivity index (χ1v) is 7.96. The number of benzene rings is 2. The van der Waals surface area contributed by atoms with Crippen LogP contribution >= 0.6 is 11.8 Å². The zero-order valence-electron chi connectivity index (χ0n) is 13.2. The summed E-state index contributed by atoms with van der Waals surface area (Å²) in [5.41, 5.74) is -1.04. The van der Waals surface area contributed by atoms with Crippen molar-refractivity contribution in [3.05, 3.63) is 70.7 Å². The van der Waals surface area contributed by atoms with Crippen molar-refractivity contribution in [2.45, 2.75) is 10.6 Å². The summed E-state index contributed by atoms with van der Waals surface area (Å²) in [5, 5.41) is 9.24. The van der Waals surface area contributed by atoms with E-state index in [9.17, 15) is 31.9 Å². The Labute approximate surface area is 149 Å². The van der Waals surface area contributed by atoms with Crippen LogP contribution in [0.5, 0.6) is 0 Å². The predicted molar refractivity (Wildman–Crippen MR) is 84.9 cm³/mol. The van der Waals surface area contributed by atoms with Crippen molar-refractivity contribution in [1.82, 2.24) is 0 Å². The first-order valence-electron chi connectivity index (χ1n) is 6.98. The Bertz CT molecular complexity index is 854. The summed E-state index contributed by atoms with van der Waals surface area (Å²) in [6, 6.07) is 5.96. The lowest BCUT2D eigenvalue weighted by atomic mass is 10.1.